The molecule has 1 saturated heterocycles. The van der Waals surface area contributed by atoms with Gasteiger partial charge >= 0.3 is 12.1 Å². The maximum Gasteiger partial charge on any atom is 0.416 e. The number of carboxylic acids is 1. The van der Waals surface area contributed by atoms with E-state index in [9.17, 15) is 27.6 Å². The number of likely N-dealkylation sites (tertiary alicyclic amines) is 1. The molecule has 1 saturated carbocycles. The number of benzene rings is 2. The number of halogens is 3. The summed E-state index contributed by atoms with van der Waals surface area (Å²) in [5, 5.41) is 9.17. The number of piperidine rings is 1. The second kappa shape index (κ2) is 7.85. The van der Waals surface area contributed by atoms with Crippen molar-refractivity contribution in [3.63, 3.8) is 0 Å². The molecule has 0 bridgehead atoms. The Bertz CT molecular complexity index is 1090. The van der Waals surface area contributed by atoms with Crippen LogP contribution in [0, 0.1) is 6.92 Å². The first-order chi connectivity index (χ1) is 15.0. The highest BCUT2D eigenvalue weighted by Crippen LogP contribution is 2.47. The number of aliphatic carboxylic acids is 1. The van der Waals surface area contributed by atoms with Crippen LogP contribution in [-0.2, 0) is 32.5 Å². The maximum absolute atomic E-state index is 13.2. The molecule has 2 fully saturated rings. The summed E-state index contributed by atoms with van der Waals surface area (Å²) in [6.45, 7) is 2.48. The van der Waals surface area contributed by atoms with E-state index in [2.05, 4.69) is 0 Å². The second-order valence-corrected chi connectivity index (χ2v) is 8.49. The van der Waals surface area contributed by atoms with E-state index in [0.29, 0.717) is 36.1 Å². The molecule has 2 aromatic rings. The molecule has 1 aliphatic heterocycles. The molecule has 168 valence electrons. The lowest BCUT2D eigenvalue weighted by Gasteiger charge is -2.37. The zero-order chi connectivity index (χ0) is 23.3. The summed E-state index contributed by atoms with van der Waals surface area (Å²) < 4.78 is 39.5. The topological polar surface area (TPSA) is 74.7 Å². The van der Waals surface area contributed by atoms with E-state index in [0.717, 1.165) is 17.7 Å². The van der Waals surface area contributed by atoms with E-state index < -0.39 is 34.8 Å². The van der Waals surface area contributed by atoms with Gasteiger partial charge in [-0.25, -0.2) is 0 Å². The number of carboxylic acid groups (broad SMARTS) is 1. The molecule has 0 radical (unpaired) electrons. The predicted octanol–water partition coefficient (Wildman–Crippen LogP) is 3.87. The third-order valence-corrected chi connectivity index (χ3v) is 6.49. The van der Waals surface area contributed by atoms with Crippen molar-refractivity contribution in [3.8, 4) is 0 Å². The van der Waals surface area contributed by atoms with Gasteiger partial charge in [0, 0.05) is 6.54 Å². The molecule has 1 heterocycles. The third-order valence-electron chi connectivity index (χ3n) is 6.49. The Morgan fingerprint density at radius 2 is 1.88 bits per heavy atom. The average molecular weight is 445 g/mol. The molecule has 1 N–H and O–H groups in total. The smallest absolute Gasteiger partial charge is 0.416 e. The number of carbonyl (C=O) groups excluding carboxylic acids is 2. The lowest BCUT2D eigenvalue weighted by atomic mass is 9.87. The maximum atomic E-state index is 13.2. The van der Waals surface area contributed by atoms with Gasteiger partial charge in [0.2, 0.25) is 11.6 Å². The molecule has 4 rings (SSSR count). The standard InChI is InChI=1S/C24H22F3NO4/c1-14-7-8-18(11-17(14)12-20(29)30)23(21(31)22(23)32)28-9-3-5-16(13-28)15-4-2-6-19(10-15)24(25,26)27/h2,4,6-8,10-11,16H,3,5,9,12-13H2,1H3,(H,29,30). The zero-order valence-corrected chi connectivity index (χ0v) is 17.4. The third kappa shape index (κ3) is 3.72. The molecule has 1 unspecified atom stereocenters. The van der Waals surface area contributed by atoms with Gasteiger partial charge in [0.25, 0.3) is 0 Å². The molecule has 0 amide bonds. The number of alkyl halides is 3. The minimum Gasteiger partial charge on any atom is -0.481 e. The van der Waals surface area contributed by atoms with Crippen molar-refractivity contribution in [2.45, 2.75) is 43.8 Å². The predicted molar refractivity (Wildman–Crippen MR) is 109 cm³/mol. The highest BCUT2D eigenvalue weighted by atomic mass is 19.4. The molecule has 5 nitrogen and oxygen atoms in total. The van der Waals surface area contributed by atoms with Gasteiger partial charge in [0.05, 0.1) is 12.0 Å². The van der Waals surface area contributed by atoms with Crippen molar-refractivity contribution in [2.24, 2.45) is 0 Å². The minimum atomic E-state index is -4.45. The van der Waals surface area contributed by atoms with Crippen molar-refractivity contribution in [1.82, 2.24) is 4.90 Å². The summed E-state index contributed by atoms with van der Waals surface area (Å²) in [5.74, 6) is -2.40. The first-order valence-electron chi connectivity index (χ1n) is 10.4. The molecular formula is C24H22F3NO4. The summed E-state index contributed by atoms with van der Waals surface area (Å²) in [5.41, 5.74) is 0.0222. The van der Waals surface area contributed by atoms with Crippen molar-refractivity contribution in [3.05, 3.63) is 70.3 Å². The SMILES string of the molecule is Cc1ccc(C2(N3CCCC(c4cccc(C(F)(F)F)c4)C3)C(=O)C2=O)cc1CC(=O)O. The van der Waals surface area contributed by atoms with Crippen LogP contribution in [0.2, 0.25) is 0 Å². The molecule has 0 aromatic heterocycles. The fourth-order valence-corrected chi connectivity index (χ4v) is 4.73. The summed E-state index contributed by atoms with van der Waals surface area (Å²) in [6.07, 6.45) is -3.41. The van der Waals surface area contributed by atoms with Crippen molar-refractivity contribution >= 4 is 17.5 Å². The summed E-state index contributed by atoms with van der Waals surface area (Å²) in [6, 6.07) is 10.1. The molecule has 2 aliphatic rings. The van der Waals surface area contributed by atoms with Crippen LogP contribution >= 0.6 is 0 Å². The van der Waals surface area contributed by atoms with E-state index in [-0.39, 0.29) is 18.9 Å². The molecular weight excluding hydrogens is 423 g/mol. The number of hydrogen-bond acceptors (Lipinski definition) is 4. The van der Waals surface area contributed by atoms with E-state index in [1.54, 1.807) is 36.1 Å². The van der Waals surface area contributed by atoms with Crippen LogP contribution in [0.4, 0.5) is 13.2 Å². The normalized spacial score (nSPS) is 20.9. The lowest BCUT2D eigenvalue weighted by Crippen LogP contribution is -2.44. The van der Waals surface area contributed by atoms with Crippen LogP contribution in [0.15, 0.2) is 42.5 Å². The number of rotatable bonds is 5. The van der Waals surface area contributed by atoms with Crippen molar-refractivity contribution in [1.29, 1.82) is 0 Å². The minimum absolute atomic E-state index is 0.231. The van der Waals surface area contributed by atoms with Crippen LogP contribution in [0.25, 0.3) is 0 Å². The highest BCUT2D eigenvalue weighted by Gasteiger charge is 2.70. The van der Waals surface area contributed by atoms with Crippen LogP contribution in [0.3, 0.4) is 0 Å². The monoisotopic (exact) mass is 445 g/mol. The largest absolute Gasteiger partial charge is 0.481 e. The van der Waals surface area contributed by atoms with Gasteiger partial charge in [-0.05, 0) is 60.5 Å². The van der Waals surface area contributed by atoms with Crippen LogP contribution < -0.4 is 0 Å². The quantitative estimate of drug-likeness (QED) is 0.559. The average Bonchev–Trinajstić information content (AvgIpc) is 3.30. The molecule has 1 aliphatic carbocycles. The van der Waals surface area contributed by atoms with Gasteiger partial charge < -0.3 is 5.11 Å². The first-order valence-corrected chi connectivity index (χ1v) is 10.4. The fourth-order valence-electron chi connectivity index (χ4n) is 4.73. The Hall–Kier alpha value is -3.00. The van der Waals surface area contributed by atoms with Crippen LogP contribution in [0.1, 0.15) is 46.6 Å². The molecule has 0 spiro atoms. The number of carbonyl (C=O) groups is 3. The number of aryl methyl sites for hydroxylation is 1. The molecule has 1 atom stereocenters. The van der Waals surface area contributed by atoms with Gasteiger partial charge in [-0.2, -0.15) is 13.2 Å². The molecule has 8 heteroatoms. The van der Waals surface area contributed by atoms with Crippen molar-refractivity contribution < 1.29 is 32.7 Å². The van der Waals surface area contributed by atoms with E-state index in [1.807, 2.05) is 0 Å². The van der Waals surface area contributed by atoms with Gasteiger partial charge in [0.1, 0.15) is 0 Å². The van der Waals surface area contributed by atoms with Crippen molar-refractivity contribution in [2.75, 3.05) is 13.1 Å². The summed E-state index contributed by atoms with van der Waals surface area (Å²) in [7, 11) is 0. The first kappa shape index (κ1) is 22.2. The fraction of sp³-hybridized carbons (Fsp3) is 0.375. The summed E-state index contributed by atoms with van der Waals surface area (Å²) in [4.78, 5) is 38.2. The van der Waals surface area contributed by atoms with E-state index in [4.69, 9.17) is 5.11 Å². The Labute approximate surface area is 182 Å². The number of hydrogen-bond donors (Lipinski definition) is 1. The second-order valence-electron chi connectivity index (χ2n) is 8.49. The summed E-state index contributed by atoms with van der Waals surface area (Å²) >= 11 is 0. The molecule has 32 heavy (non-hydrogen) atoms. The van der Waals surface area contributed by atoms with E-state index in [1.165, 1.54) is 6.07 Å². The highest BCUT2D eigenvalue weighted by molar-refractivity contribution is 6.66. The Morgan fingerprint density at radius 1 is 1.16 bits per heavy atom. The Balaban J connectivity index is 1.67. The Kier molecular flexibility index (Phi) is 5.45. The number of nitrogens with zero attached hydrogens (tertiary/aromatic N) is 1. The van der Waals surface area contributed by atoms with Gasteiger partial charge in [0.15, 0.2) is 5.54 Å². The number of Topliss-reactive ketones (excluding diaryl/α,β-unsaturated/α-hetero) is 2. The van der Waals surface area contributed by atoms with Gasteiger partial charge in [-0.1, -0.05) is 36.4 Å². The van der Waals surface area contributed by atoms with Crippen LogP contribution in [-0.4, -0.2) is 40.6 Å². The van der Waals surface area contributed by atoms with E-state index >= 15 is 0 Å². The Morgan fingerprint density at radius 3 is 2.50 bits per heavy atom. The lowest BCUT2D eigenvalue weighted by molar-refractivity contribution is -0.138. The van der Waals surface area contributed by atoms with Gasteiger partial charge in [-0.3, -0.25) is 19.3 Å². The van der Waals surface area contributed by atoms with Crippen LogP contribution in [0.5, 0.6) is 0 Å². The number of ketones is 2. The van der Waals surface area contributed by atoms with Gasteiger partial charge in [-0.15, -0.1) is 0 Å². The molecule has 2 aromatic carbocycles. The zero-order valence-electron chi connectivity index (χ0n) is 17.4.